The van der Waals surface area contributed by atoms with Crippen molar-refractivity contribution >= 4 is 21.7 Å². The quantitative estimate of drug-likeness (QED) is 0.392. The minimum atomic E-state index is -4.24. The Kier molecular flexibility index (Phi) is 7.28. The van der Waals surface area contributed by atoms with Gasteiger partial charge in [0, 0.05) is 24.8 Å². The first-order chi connectivity index (χ1) is 18.9. The molecular formula is C27H30F3N5O4S. The van der Waals surface area contributed by atoms with Gasteiger partial charge in [0.15, 0.2) is 5.82 Å². The molecule has 40 heavy (non-hydrogen) atoms. The number of sulfonamides is 1. The van der Waals surface area contributed by atoms with Gasteiger partial charge in [-0.15, -0.1) is 5.10 Å². The molecule has 2 aliphatic rings. The van der Waals surface area contributed by atoms with E-state index in [4.69, 9.17) is 4.74 Å². The Morgan fingerprint density at radius 3 is 2.48 bits per heavy atom. The van der Waals surface area contributed by atoms with Crippen LogP contribution in [0.25, 0.3) is 5.82 Å². The molecule has 1 aliphatic heterocycles. The van der Waals surface area contributed by atoms with E-state index in [-0.39, 0.29) is 48.3 Å². The number of nitrogens with zero attached hydrogens (tertiary/aromatic N) is 4. The smallest absolute Gasteiger partial charge is 0.394 e. The Balaban J connectivity index is 1.37. The largest absolute Gasteiger partial charge is 0.477 e. The van der Waals surface area contributed by atoms with Gasteiger partial charge in [-0.05, 0) is 62.8 Å². The molecule has 5 rings (SSSR count). The van der Waals surface area contributed by atoms with Gasteiger partial charge in [-0.2, -0.15) is 13.2 Å². The summed E-state index contributed by atoms with van der Waals surface area (Å²) in [6.45, 7) is 4.60. The van der Waals surface area contributed by atoms with Gasteiger partial charge in [0.1, 0.15) is 5.82 Å². The first-order valence-electron chi connectivity index (χ1n) is 13.0. The molecule has 2 fully saturated rings. The Labute approximate surface area is 230 Å². The molecule has 3 aromatic rings. The molecule has 0 bridgehead atoms. The predicted molar refractivity (Wildman–Crippen MR) is 141 cm³/mol. The zero-order valence-corrected chi connectivity index (χ0v) is 22.9. The lowest BCUT2D eigenvalue weighted by Gasteiger charge is -2.25. The number of carbonyl (C=O) groups excluding carboxylic acids is 1. The van der Waals surface area contributed by atoms with Gasteiger partial charge in [0.25, 0.3) is 15.9 Å². The van der Waals surface area contributed by atoms with Crippen LogP contribution in [0.1, 0.15) is 49.9 Å². The molecule has 9 nitrogen and oxygen atoms in total. The number of pyridine rings is 1. The highest BCUT2D eigenvalue weighted by molar-refractivity contribution is 7.90. The predicted octanol–water partition coefficient (Wildman–Crippen LogP) is 4.73. The van der Waals surface area contributed by atoms with Crippen LogP contribution < -0.4 is 14.4 Å². The van der Waals surface area contributed by atoms with Gasteiger partial charge in [-0.3, -0.25) is 4.79 Å². The van der Waals surface area contributed by atoms with Crippen molar-refractivity contribution in [3.05, 3.63) is 60.3 Å². The summed E-state index contributed by atoms with van der Waals surface area (Å²) in [5.41, 5.74) is -1.56. The second kappa shape index (κ2) is 10.4. The van der Waals surface area contributed by atoms with Crippen molar-refractivity contribution in [3.8, 4) is 11.7 Å². The molecule has 2 atom stereocenters. The minimum Gasteiger partial charge on any atom is -0.477 e. The molecule has 1 saturated carbocycles. The average Bonchev–Trinajstić information content (AvgIpc) is 3.43. The molecule has 3 heterocycles. The normalized spacial score (nSPS) is 20.4. The van der Waals surface area contributed by atoms with Crippen LogP contribution in [0.4, 0.5) is 19.0 Å². The third-order valence-corrected chi connectivity index (χ3v) is 8.87. The molecule has 1 aromatic carbocycles. The Bertz CT molecular complexity index is 1490. The van der Waals surface area contributed by atoms with E-state index < -0.39 is 27.5 Å². The number of anilines is 1. The van der Waals surface area contributed by atoms with Crippen LogP contribution in [0.5, 0.6) is 5.88 Å². The van der Waals surface area contributed by atoms with Crippen molar-refractivity contribution in [2.24, 2.45) is 11.3 Å². The number of alkyl halides is 3. The number of ether oxygens (including phenoxy) is 1. The Morgan fingerprint density at radius 1 is 1.12 bits per heavy atom. The van der Waals surface area contributed by atoms with Crippen LogP contribution in [0.2, 0.25) is 0 Å². The van der Waals surface area contributed by atoms with Crippen LogP contribution in [-0.4, -0.2) is 54.5 Å². The summed E-state index contributed by atoms with van der Waals surface area (Å²) in [5.74, 6) is 0.329. The second-order valence-corrected chi connectivity index (χ2v) is 12.3. The highest BCUT2D eigenvalue weighted by atomic mass is 32.2. The fraction of sp³-hybridized carbons (Fsp3) is 0.444. The zero-order chi connectivity index (χ0) is 28.7. The van der Waals surface area contributed by atoms with Crippen molar-refractivity contribution < 1.29 is 31.1 Å². The van der Waals surface area contributed by atoms with E-state index in [0.29, 0.717) is 24.1 Å². The van der Waals surface area contributed by atoms with E-state index in [1.54, 1.807) is 24.4 Å². The summed E-state index contributed by atoms with van der Waals surface area (Å²) in [6, 6.07) is 12.2. The summed E-state index contributed by atoms with van der Waals surface area (Å²) >= 11 is 0. The number of carbonyl (C=O) groups is 1. The molecule has 0 radical (unpaired) electrons. The molecule has 0 spiro atoms. The summed E-state index contributed by atoms with van der Waals surface area (Å²) in [7, 11) is -4.11. The van der Waals surface area contributed by atoms with Gasteiger partial charge in [0.2, 0.25) is 5.88 Å². The first-order valence-corrected chi connectivity index (χ1v) is 14.5. The van der Waals surface area contributed by atoms with Crippen LogP contribution in [0, 0.1) is 11.3 Å². The number of hydrogen-bond acceptors (Lipinski definition) is 7. The SMILES string of the molecule is CC1C[C@H](C)CN1c1nc(-n2ccc(OCCC3(C(F)(F)F)CC3)n2)ccc1C(=O)NS(=O)(=O)c1ccccc1. The lowest BCUT2D eigenvalue weighted by molar-refractivity contribution is -0.190. The maximum Gasteiger partial charge on any atom is 0.394 e. The summed E-state index contributed by atoms with van der Waals surface area (Å²) in [5, 5.41) is 4.29. The van der Waals surface area contributed by atoms with Gasteiger partial charge >= 0.3 is 6.18 Å². The highest BCUT2D eigenvalue weighted by Crippen LogP contribution is 2.59. The van der Waals surface area contributed by atoms with Crippen molar-refractivity contribution in [1.82, 2.24) is 19.5 Å². The molecule has 13 heteroatoms. The van der Waals surface area contributed by atoms with E-state index in [1.165, 1.54) is 35.0 Å². The van der Waals surface area contributed by atoms with Crippen molar-refractivity contribution in [3.63, 3.8) is 0 Å². The molecule has 214 valence electrons. The summed E-state index contributed by atoms with van der Waals surface area (Å²) in [6.07, 6.45) is -1.72. The standard InChI is InChI=1S/C27H30F3N5O4S/c1-18-16-19(2)34(17-18)24-21(25(36)33-40(37,38)20-6-4-3-5-7-20)8-9-22(31-24)35-14-10-23(32-35)39-15-13-26(11-12-26)27(28,29)30/h3-10,14,18-19H,11-13,15-17H2,1-2H3,(H,33,36)/t18-,19?/m0/s1. The molecular weight excluding hydrogens is 547 g/mol. The maximum absolute atomic E-state index is 13.2. The number of amides is 1. The highest BCUT2D eigenvalue weighted by Gasteiger charge is 2.62. The van der Waals surface area contributed by atoms with E-state index in [0.717, 1.165) is 6.42 Å². The van der Waals surface area contributed by atoms with Crippen LogP contribution >= 0.6 is 0 Å². The third-order valence-electron chi connectivity index (χ3n) is 7.53. The van der Waals surface area contributed by atoms with Gasteiger partial charge < -0.3 is 9.64 Å². The zero-order valence-electron chi connectivity index (χ0n) is 22.1. The monoisotopic (exact) mass is 577 g/mol. The average molecular weight is 578 g/mol. The number of hydrogen-bond donors (Lipinski definition) is 1. The molecule has 1 aliphatic carbocycles. The van der Waals surface area contributed by atoms with Gasteiger partial charge in [0.05, 0.1) is 22.5 Å². The van der Waals surface area contributed by atoms with Gasteiger partial charge in [-0.1, -0.05) is 25.1 Å². The number of rotatable bonds is 9. The first kappa shape index (κ1) is 27.9. The molecule has 1 saturated heterocycles. The topological polar surface area (TPSA) is 106 Å². The summed E-state index contributed by atoms with van der Waals surface area (Å²) < 4.78 is 74.2. The lowest BCUT2D eigenvalue weighted by Crippen LogP contribution is -2.35. The lowest BCUT2D eigenvalue weighted by atomic mass is 10.0. The van der Waals surface area contributed by atoms with Crippen molar-refractivity contribution in [1.29, 1.82) is 0 Å². The number of aromatic nitrogens is 3. The minimum absolute atomic E-state index is 0.0375. The van der Waals surface area contributed by atoms with E-state index in [1.807, 2.05) is 11.8 Å². The van der Waals surface area contributed by atoms with E-state index >= 15 is 0 Å². The van der Waals surface area contributed by atoms with E-state index in [2.05, 4.69) is 21.7 Å². The fourth-order valence-corrected chi connectivity index (χ4v) is 6.07. The van der Waals surface area contributed by atoms with E-state index in [9.17, 15) is 26.4 Å². The fourth-order valence-electron chi connectivity index (χ4n) is 5.08. The third kappa shape index (κ3) is 5.65. The van der Waals surface area contributed by atoms with Crippen LogP contribution in [0.15, 0.2) is 59.6 Å². The Hall–Kier alpha value is -3.61. The number of nitrogens with one attached hydrogen (secondary N) is 1. The van der Waals surface area contributed by atoms with Gasteiger partial charge in [-0.25, -0.2) is 22.8 Å². The number of halogens is 3. The maximum atomic E-state index is 13.2. The molecule has 1 N–H and O–H groups in total. The second-order valence-electron chi connectivity index (χ2n) is 10.6. The Morgan fingerprint density at radius 2 is 1.85 bits per heavy atom. The van der Waals surface area contributed by atoms with Crippen LogP contribution in [-0.2, 0) is 10.0 Å². The van der Waals surface area contributed by atoms with Crippen molar-refractivity contribution in [2.75, 3.05) is 18.1 Å². The molecule has 1 unspecified atom stereocenters. The molecule has 1 amide bonds. The number of benzene rings is 1. The summed E-state index contributed by atoms with van der Waals surface area (Å²) in [4.78, 5) is 19.8. The van der Waals surface area contributed by atoms with Crippen LogP contribution in [0.3, 0.4) is 0 Å². The molecule has 2 aromatic heterocycles. The van der Waals surface area contributed by atoms with Crippen molar-refractivity contribution in [2.45, 2.75) is 56.6 Å².